The molecule has 0 saturated heterocycles. The maximum atomic E-state index is 4.60. The monoisotopic (exact) mass is 363 g/mol. The predicted molar refractivity (Wildman–Crippen MR) is 94.0 cm³/mol. The van der Waals surface area contributed by atoms with Crippen LogP contribution in [0.15, 0.2) is 39.2 Å². The van der Waals surface area contributed by atoms with Gasteiger partial charge in [0.1, 0.15) is 0 Å². The molecule has 0 spiro atoms. The Morgan fingerprint density at radius 1 is 1.05 bits per heavy atom. The Labute approximate surface area is 137 Å². The predicted octanol–water partition coefficient (Wildman–Crippen LogP) is 5.69. The molecule has 1 aromatic heterocycles. The number of anilines is 1. The minimum atomic E-state index is 0.865. The molecule has 0 amide bonds. The van der Waals surface area contributed by atoms with Crippen LogP contribution in [0, 0.1) is 0 Å². The van der Waals surface area contributed by atoms with Gasteiger partial charge in [-0.25, -0.2) is 4.98 Å². The fourth-order valence-corrected chi connectivity index (χ4v) is 3.38. The van der Waals surface area contributed by atoms with Crippen molar-refractivity contribution in [3.63, 3.8) is 0 Å². The molecule has 5 heteroatoms. The van der Waals surface area contributed by atoms with Gasteiger partial charge in [0.15, 0.2) is 0 Å². The number of rotatable bonds is 3. The maximum absolute atomic E-state index is 4.60. The van der Waals surface area contributed by atoms with Crippen molar-refractivity contribution in [2.24, 2.45) is 5.10 Å². The molecule has 0 unspecified atom stereocenters. The first-order valence-electron chi connectivity index (χ1n) is 7.34. The number of benzene rings is 1. The number of hydrogen-bond donors (Lipinski definition) is 1. The van der Waals surface area contributed by atoms with Crippen LogP contribution in [0.1, 0.15) is 38.5 Å². The Morgan fingerprint density at radius 2 is 1.76 bits per heavy atom. The molecule has 110 valence electrons. The van der Waals surface area contributed by atoms with E-state index in [1.807, 2.05) is 12.1 Å². The normalized spacial score (nSPS) is 15.6. The van der Waals surface area contributed by atoms with Crippen LogP contribution in [0.2, 0.25) is 0 Å². The quantitative estimate of drug-likeness (QED) is 0.561. The molecule has 0 aliphatic heterocycles. The first kappa shape index (κ1) is 14.7. The average Bonchev–Trinajstić information content (AvgIpc) is 2.81. The van der Waals surface area contributed by atoms with E-state index in [2.05, 4.69) is 49.0 Å². The molecular formula is C16H18BrN3S. The maximum Gasteiger partial charge on any atom is 0.203 e. The van der Waals surface area contributed by atoms with E-state index in [0.717, 1.165) is 33.7 Å². The third-order valence-corrected chi connectivity index (χ3v) is 4.91. The molecule has 1 fully saturated rings. The Bertz CT molecular complexity index is 609. The van der Waals surface area contributed by atoms with E-state index in [9.17, 15) is 0 Å². The van der Waals surface area contributed by atoms with Crippen LogP contribution in [0.25, 0.3) is 11.3 Å². The molecule has 1 aliphatic carbocycles. The van der Waals surface area contributed by atoms with E-state index in [-0.39, 0.29) is 0 Å². The van der Waals surface area contributed by atoms with Gasteiger partial charge in [-0.3, -0.25) is 5.43 Å². The summed E-state index contributed by atoms with van der Waals surface area (Å²) in [7, 11) is 0. The second-order valence-electron chi connectivity index (χ2n) is 5.25. The van der Waals surface area contributed by atoms with Gasteiger partial charge in [0.2, 0.25) is 5.13 Å². The van der Waals surface area contributed by atoms with E-state index in [1.165, 1.54) is 31.4 Å². The van der Waals surface area contributed by atoms with Crippen molar-refractivity contribution in [2.75, 3.05) is 5.43 Å². The zero-order valence-corrected chi connectivity index (χ0v) is 14.2. The standard InChI is InChI=1S/C16H18BrN3S/c17-13-9-7-12(8-10-13)15-11-21-16(18-15)20-19-14-5-3-1-2-4-6-14/h7-11H,1-6H2,(H,18,20). The van der Waals surface area contributed by atoms with Crippen molar-refractivity contribution in [1.82, 2.24) is 4.98 Å². The van der Waals surface area contributed by atoms with Crippen molar-refractivity contribution in [3.8, 4) is 11.3 Å². The van der Waals surface area contributed by atoms with Gasteiger partial charge in [-0.05, 0) is 37.8 Å². The Hall–Kier alpha value is -1.20. The average molecular weight is 364 g/mol. The lowest BCUT2D eigenvalue weighted by Gasteiger charge is -2.01. The molecule has 0 radical (unpaired) electrons. The van der Waals surface area contributed by atoms with E-state index >= 15 is 0 Å². The number of aromatic nitrogens is 1. The number of nitrogens with zero attached hydrogens (tertiary/aromatic N) is 2. The van der Waals surface area contributed by atoms with Gasteiger partial charge in [0, 0.05) is 21.1 Å². The first-order valence-corrected chi connectivity index (χ1v) is 9.01. The largest absolute Gasteiger partial charge is 0.253 e. The molecule has 2 aromatic rings. The highest BCUT2D eigenvalue weighted by atomic mass is 79.9. The Morgan fingerprint density at radius 3 is 2.48 bits per heavy atom. The lowest BCUT2D eigenvalue weighted by Crippen LogP contribution is -2.00. The van der Waals surface area contributed by atoms with Crippen LogP contribution >= 0.6 is 27.3 Å². The second kappa shape index (κ2) is 7.18. The molecule has 0 bridgehead atoms. The number of hydrogen-bond acceptors (Lipinski definition) is 4. The summed E-state index contributed by atoms with van der Waals surface area (Å²) < 4.78 is 1.08. The summed E-state index contributed by atoms with van der Waals surface area (Å²) in [6, 6.07) is 8.21. The van der Waals surface area contributed by atoms with Gasteiger partial charge in [-0.1, -0.05) is 40.9 Å². The number of halogens is 1. The highest BCUT2D eigenvalue weighted by Gasteiger charge is 2.07. The van der Waals surface area contributed by atoms with Crippen molar-refractivity contribution in [3.05, 3.63) is 34.1 Å². The molecular weight excluding hydrogens is 346 g/mol. The topological polar surface area (TPSA) is 37.3 Å². The van der Waals surface area contributed by atoms with Crippen LogP contribution < -0.4 is 5.43 Å². The fraction of sp³-hybridized carbons (Fsp3) is 0.375. The van der Waals surface area contributed by atoms with Gasteiger partial charge >= 0.3 is 0 Å². The van der Waals surface area contributed by atoms with Crippen molar-refractivity contribution in [2.45, 2.75) is 38.5 Å². The second-order valence-corrected chi connectivity index (χ2v) is 7.02. The zero-order chi connectivity index (χ0) is 14.5. The lowest BCUT2D eigenvalue weighted by molar-refractivity contribution is 0.702. The van der Waals surface area contributed by atoms with Crippen LogP contribution in [0.3, 0.4) is 0 Å². The molecule has 21 heavy (non-hydrogen) atoms. The van der Waals surface area contributed by atoms with Crippen LogP contribution in [0.4, 0.5) is 5.13 Å². The Balaban J connectivity index is 1.67. The van der Waals surface area contributed by atoms with Crippen molar-refractivity contribution in [1.29, 1.82) is 0 Å². The third kappa shape index (κ3) is 4.14. The summed E-state index contributed by atoms with van der Waals surface area (Å²) in [6.45, 7) is 0. The number of nitrogens with one attached hydrogen (secondary N) is 1. The SMILES string of the molecule is Brc1ccc(-c2csc(NN=C3CCCCCC3)n2)cc1. The summed E-state index contributed by atoms with van der Waals surface area (Å²) in [6.07, 6.45) is 7.45. The van der Waals surface area contributed by atoms with Crippen molar-refractivity contribution >= 4 is 38.1 Å². The highest BCUT2D eigenvalue weighted by Crippen LogP contribution is 2.26. The molecule has 3 nitrogen and oxygen atoms in total. The van der Waals surface area contributed by atoms with E-state index in [0.29, 0.717) is 0 Å². The van der Waals surface area contributed by atoms with E-state index in [1.54, 1.807) is 11.3 Å². The van der Waals surface area contributed by atoms with Crippen molar-refractivity contribution < 1.29 is 0 Å². The highest BCUT2D eigenvalue weighted by molar-refractivity contribution is 9.10. The Kier molecular flexibility index (Phi) is 5.04. The van der Waals surface area contributed by atoms with Crippen LogP contribution in [-0.4, -0.2) is 10.7 Å². The summed E-state index contributed by atoms with van der Waals surface area (Å²) in [5.41, 5.74) is 6.54. The molecule has 0 atom stereocenters. The molecule has 1 N–H and O–H groups in total. The molecule has 1 saturated carbocycles. The van der Waals surface area contributed by atoms with E-state index < -0.39 is 0 Å². The first-order chi connectivity index (χ1) is 10.3. The summed E-state index contributed by atoms with van der Waals surface area (Å²) in [5, 5.41) is 7.48. The molecule has 1 aromatic carbocycles. The van der Waals surface area contributed by atoms with Gasteiger partial charge in [0.25, 0.3) is 0 Å². The summed E-state index contributed by atoms with van der Waals surface area (Å²) in [5.74, 6) is 0. The number of hydrazone groups is 1. The molecule has 3 rings (SSSR count). The summed E-state index contributed by atoms with van der Waals surface area (Å²) >= 11 is 5.05. The van der Waals surface area contributed by atoms with Crippen LogP contribution in [0.5, 0.6) is 0 Å². The van der Waals surface area contributed by atoms with Gasteiger partial charge < -0.3 is 0 Å². The van der Waals surface area contributed by atoms with Gasteiger partial charge in [-0.2, -0.15) is 5.10 Å². The lowest BCUT2D eigenvalue weighted by atomic mass is 10.2. The number of thiazole rings is 1. The van der Waals surface area contributed by atoms with Gasteiger partial charge in [0.05, 0.1) is 5.69 Å². The van der Waals surface area contributed by atoms with Gasteiger partial charge in [-0.15, -0.1) is 11.3 Å². The minimum absolute atomic E-state index is 0.865. The van der Waals surface area contributed by atoms with E-state index in [4.69, 9.17) is 0 Å². The molecule has 1 aliphatic rings. The fourth-order valence-electron chi connectivity index (χ4n) is 2.45. The zero-order valence-electron chi connectivity index (χ0n) is 11.8. The smallest absolute Gasteiger partial charge is 0.203 e. The minimum Gasteiger partial charge on any atom is -0.253 e. The van der Waals surface area contributed by atoms with Crippen LogP contribution in [-0.2, 0) is 0 Å². The molecule has 1 heterocycles. The summed E-state index contributed by atoms with van der Waals surface area (Å²) in [4.78, 5) is 4.60. The third-order valence-electron chi connectivity index (χ3n) is 3.63.